The summed E-state index contributed by atoms with van der Waals surface area (Å²) in [6.07, 6.45) is 2.19. The van der Waals surface area contributed by atoms with Crippen molar-refractivity contribution >= 4 is 16.8 Å². The Hall–Kier alpha value is -0.0400. The van der Waals surface area contributed by atoms with E-state index in [2.05, 4.69) is 11.9 Å². The van der Waals surface area contributed by atoms with Gasteiger partial charge in [0.25, 0.3) is 0 Å². The maximum Gasteiger partial charge on any atom is 0.101 e. The molecule has 0 aromatic heterocycles. The summed E-state index contributed by atoms with van der Waals surface area (Å²) in [4.78, 5) is 4.06. The first-order valence-corrected chi connectivity index (χ1v) is 3.35. The van der Waals surface area contributed by atoms with Crippen LogP contribution in [0, 0.1) is 5.92 Å². The largest absolute Gasteiger partial charge is 0.278 e. The van der Waals surface area contributed by atoms with Crippen LogP contribution < -0.4 is 0 Å². The van der Waals surface area contributed by atoms with Crippen molar-refractivity contribution in [2.45, 2.75) is 19.8 Å². The van der Waals surface area contributed by atoms with Crippen LogP contribution in [-0.2, 0) is 0 Å². The summed E-state index contributed by atoms with van der Waals surface area (Å²) in [5.41, 5.74) is 0. The molecule has 2 heteroatoms. The fraction of sp³-hybridized carbons (Fsp3) is 0.833. The SMILES string of the molecule is CC1CCN=C(Cl)C1. The lowest BCUT2D eigenvalue weighted by Crippen LogP contribution is -2.08. The topological polar surface area (TPSA) is 12.4 Å². The second-order valence-corrected chi connectivity index (χ2v) is 2.79. The highest BCUT2D eigenvalue weighted by Gasteiger charge is 2.08. The van der Waals surface area contributed by atoms with E-state index >= 15 is 0 Å². The van der Waals surface area contributed by atoms with Gasteiger partial charge in [-0.25, -0.2) is 0 Å². The van der Waals surface area contributed by atoms with Crippen molar-refractivity contribution in [1.82, 2.24) is 0 Å². The number of hydrogen-bond acceptors (Lipinski definition) is 1. The fourth-order valence-electron chi connectivity index (χ4n) is 0.860. The number of halogens is 1. The molecule has 0 bridgehead atoms. The van der Waals surface area contributed by atoms with Gasteiger partial charge in [0.15, 0.2) is 0 Å². The Morgan fingerprint density at radius 2 is 2.50 bits per heavy atom. The molecule has 0 amide bonds. The molecule has 46 valence electrons. The van der Waals surface area contributed by atoms with Crippen molar-refractivity contribution in [3.05, 3.63) is 0 Å². The molecule has 0 fully saturated rings. The first-order chi connectivity index (χ1) is 3.79. The monoisotopic (exact) mass is 131 g/mol. The molecule has 0 N–H and O–H groups in total. The van der Waals surface area contributed by atoms with E-state index in [1.54, 1.807) is 0 Å². The second kappa shape index (κ2) is 2.49. The lowest BCUT2D eigenvalue weighted by Gasteiger charge is -2.12. The van der Waals surface area contributed by atoms with Crippen LogP contribution in [0.15, 0.2) is 4.99 Å². The number of aliphatic imine (C=N–C) groups is 1. The fourth-order valence-corrected chi connectivity index (χ4v) is 1.21. The summed E-state index contributed by atoms with van der Waals surface area (Å²) in [6, 6.07) is 0. The highest BCUT2D eigenvalue weighted by atomic mass is 35.5. The van der Waals surface area contributed by atoms with Gasteiger partial charge in [-0.3, -0.25) is 4.99 Å². The van der Waals surface area contributed by atoms with Gasteiger partial charge in [-0.05, 0) is 12.3 Å². The van der Waals surface area contributed by atoms with Gasteiger partial charge in [0.05, 0.1) is 0 Å². The summed E-state index contributed by atoms with van der Waals surface area (Å²) < 4.78 is 0. The summed E-state index contributed by atoms with van der Waals surface area (Å²) in [5, 5.41) is 0.809. The molecule has 0 saturated carbocycles. The Bertz CT molecular complexity index is 109. The van der Waals surface area contributed by atoms with Crippen molar-refractivity contribution in [3.8, 4) is 0 Å². The van der Waals surface area contributed by atoms with Gasteiger partial charge >= 0.3 is 0 Å². The van der Waals surface area contributed by atoms with E-state index in [0.29, 0.717) is 0 Å². The van der Waals surface area contributed by atoms with Crippen molar-refractivity contribution in [2.24, 2.45) is 10.9 Å². The first-order valence-electron chi connectivity index (χ1n) is 2.98. The average molecular weight is 132 g/mol. The molecule has 1 nitrogen and oxygen atoms in total. The molecule has 0 aliphatic carbocycles. The van der Waals surface area contributed by atoms with Crippen molar-refractivity contribution in [3.63, 3.8) is 0 Å². The van der Waals surface area contributed by atoms with E-state index in [4.69, 9.17) is 11.6 Å². The lowest BCUT2D eigenvalue weighted by atomic mass is 10.0. The minimum atomic E-state index is 0.750. The summed E-state index contributed by atoms with van der Waals surface area (Å²) >= 11 is 5.66. The van der Waals surface area contributed by atoms with Crippen LogP contribution in [0.1, 0.15) is 19.8 Å². The molecule has 8 heavy (non-hydrogen) atoms. The Labute approximate surface area is 54.8 Å². The molecule has 0 spiro atoms. The van der Waals surface area contributed by atoms with Gasteiger partial charge in [-0.2, -0.15) is 0 Å². The van der Waals surface area contributed by atoms with Gasteiger partial charge in [0.2, 0.25) is 0 Å². The minimum Gasteiger partial charge on any atom is -0.278 e. The van der Waals surface area contributed by atoms with Gasteiger partial charge in [0, 0.05) is 13.0 Å². The quantitative estimate of drug-likeness (QED) is 0.477. The highest BCUT2D eigenvalue weighted by molar-refractivity contribution is 6.65. The lowest BCUT2D eigenvalue weighted by molar-refractivity contribution is 0.545. The number of rotatable bonds is 0. The predicted octanol–water partition coefficient (Wildman–Crippen LogP) is 2.05. The van der Waals surface area contributed by atoms with Crippen molar-refractivity contribution < 1.29 is 0 Å². The van der Waals surface area contributed by atoms with E-state index in [1.165, 1.54) is 6.42 Å². The molecule has 0 aromatic rings. The Balaban J connectivity index is 2.45. The van der Waals surface area contributed by atoms with Gasteiger partial charge in [0.1, 0.15) is 5.17 Å². The number of hydrogen-bond donors (Lipinski definition) is 0. The van der Waals surface area contributed by atoms with Crippen LogP contribution in [0.5, 0.6) is 0 Å². The van der Waals surface area contributed by atoms with E-state index < -0.39 is 0 Å². The van der Waals surface area contributed by atoms with Crippen LogP contribution in [0.25, 0.3) is 0 Å². The van der Waals surface area contributed by atoms with Gasteiger partial charge in [-0.15, -0.1) is 0 Å². The van der Waals surface area contributed by atoms with E-state index in [0.717, 1.165) is 24.1 Å². The summed E-state index contributed by atoms with van der Waals surface area (Å²) in [5.74, 6) is 0.750. The third kappa shape index (κ3) is 1.48. The van der Waals surface area contributed by atoms with Gasteiger partial charge in [-0.1, -0.05) is 18.5 Å². The predicted molar refractivity (Wildman–Crippen MR) is 36.6 cm³/mol. The third-order valence-electron chi connectivity index (χ3n) is 1.42. The maximum absolute atomic E-state index is 5.66. The Morgan fingerprint density at radius 3 is 2.88 bits per heavy atom. The molecule has 1 rings (SSSR count). The molecular weight excluding hydrogens is 122 g/mol. The van der Waals surface area contributed by atoms with Crippen LogP contribution >= 0.6 is 11.6 Å². The average Bonchev–Trinajstić information content (AvgIpc) is 1.64. The van der Waals surface area contributed by atoms with Crippen LogP contribution in [-0.4, -0.2) is 11.7 Å². The van der Waals surface area contributed by atoms with E-state index in [9.17, 15) is 0 Å². The first kappa shape index (κ1) is 6.09. The van der Waals surface area contributed by atoms with Crippen LogP contribution in [0.2, 0.25) is 0 Å². The standard InChI is InChI=1S/C6H10ClN/c1-5-2-3-8-6(7)4-5/h5H,2-4H2,1H3. The normalized spacial score (nSPS) is 29.8. The van der Waals surface area contributed by atoms with Crippen LogP contribution in [0.4, 0.5) is 0 Å². The smallest absolute Gasteiger partial charge is 0.101 e. The maximum atomic E-state index is 5.66. The third-order valence-corrected chi connectivity index (χ3v) is 1.70. The summed E-state index contributed by atoms with van der Waals surface area (Å²) in [6.45, 7) is 3.14. The molecule has 1 atom stereocenters. The number of nitrogens with zero attached hydrogens (tertiary/aromatic N) is 1. The molecule has 0 saturated heterocycles. The van der Waals surface area contributed by atoms with Gasteiger partial charge < -0.3 is 0 Å². The zero-order valence-corrected chi connectivity index (χ0v) is 5.78. The van der Waals surface area contributed by atoms with Crippen molar-refractivity contribution in [1.29, 1.82) is 0 Å². The van der Waals surface area contributed by atoms with E-state index in [-0.39, 0.29) is 0 Å². The molecule has 0 aromatic carbocycles. The molecule has 0 radical (unpaired) electrons. The molecule has 1 heterocycles. The Morgan fingerprint density at radius 1 is 1.75 bits per heavy atom. The molecule has 1 aliphatic rings. The molecule has 1 aliphatic heterocycles. The molecule has 1 unspecified atom stereocenters. The minimum absolute atomic E-state index is 0.750. The van der Waals surface area contributed by atoms with Crippen LogP contribution in [0.3, 0.4) is 0 Å². The highest BCUT2D eigenvalue weighted by Crippen LogP contribution is 2.15. The summed E-state index contributed by atoms with van der Waals surface area (Å²) in [7, 11) is 0. The zero-order valence-electron chi connectivity index (χ0n) is 5.02. The zero-order chi connectivity index (χ0) is 5.98. The molecular formula is C6H10ClN. The second-order valence-electron chi connectivity index (χ2n) is 2.36. The Kier molecular flexibility index (Phi) is 1.90. The van der Waals surface area contributed by atoms with Crippen molar-refractivity contribution in [2.75, 3.05) is 6.54 Å². The van der Waals surface area contributed by atoms with E-state index in [1.807, 2.05) is 0 Å².